The maximum absolute atomic E-state index is 12.8. The molecule has 0 aliphatic rings. The van der Waals surface area contributed by atoms with E-state index in [1.54, 1.807) is 24.3 Å². The minimum atomic E-state index is -3.75. The Morgan fingerprint density at radius 1 is 1.00 bits per heavy atom. The molecule has 3 rings (SSSR count). The predicted molar refractivity (Wildman–Crippen MR) is 103 cm³/mol. The molecule has 0 saturated heterocycles. The Kier molecular flexibility index (Phi) is 5.04. The second-order valence-corrected chi connectivity index (χ2v) is 7.38. The minimum Gasteiger partial charge on any atom is -0.348 e. The third-order valence-corrected chi connectivity index (χ3v) is 5.26. The lowest BCUT2D eigenvalue weighted by atomic mass is 10.1. The number of hydrogen-bond donors (Lipinski definition) is 2. The van der Waals surface area contributed by atoms with Crippen LogP contribution in [0.5, 0.6) is 0 Å². The van der Waals surface area contributed by atoms with Crippen LogP contribution in [-0.2, 0) is 21.4 Å². The molecule has 0 heterocycles. The summed E-state index contributed by atoms with van der Waals surface area (Å²) >= 11 is 0. The van der Waals surface area contributed by atoms with Gasteiger partial charge in [0.05, 0.1) is 10.6 Å². The molecule has 132 valence electrons. The summed E-state index contributed by atoms with van der Waals surface area (Å²) in [7, 11) is -3.75. The zero-order valence-corrected chi connectivity index (χ0v) is 14.8. The topological polar surface area (TPSA) is 75.3 Å². The summed E-state index contributed by atoms with van der Waals surface area (Å²) < 4.78 is 28.2. The summed E-state index contributed by atoms with van der Waals surface area (Å²) in [5.74, 6) is -0.313. The van der Waals surface area contributed by atoms with Crippen molar-refractivity contribution in [1.29, 1.82) is 0 Å². The monoisotopic (exact) mass is 366 g/mol. The van der Waals surface area contributed by atoms with Gasteiger partial charge in [-0.25, -0.2) is 8.42 Å². The van der Waals surface area contributed by atoms with E-state index in [1.807, 2.05) is 30.3 Å². The maximum atomic E-state index is 12.8. The molecule has 26 heavy (non-hydrogen) atoms. The quantitative estimate of drug-likeness (QED) is 0.656. The Morgan fingerprint density at radius 3 is 2.54 bits per heavy atom. The second kappa shape index (κ2) is 7.41. The number of carbonyl (C=O) groups excluding carboxylic acids is 1. The highest BCUT2D eigenvalue weighted by molar-refractivity contribution is 7.92. The number of rotatable bonds is 6. The summed E-state index contributed by atoms with van der Waals surface area (Å²) in [6.45, 7) is 3.61. The number of hydrogen-bond acceptors (Lipinski definition) is 3. The van der Waals surface area contributed by atoms with E-state index in [4.69, 9.17) is 0 Å². The van der Waals surface area contributed by atoms with Crippen molar-refractivity contribution in [3.8, 4) is 0 Å². The summed E-state index contributed by atoms with van der Waals surface area (Å²) in [6.07, 6.45) is 1.17. The number of carbonyl (C=O) groups is 1. The largest absolute Gasteiger partial charge is 0.348 e. The third kappa shape index (κ3) is 3.92. The molecule has 0 radical (unpaired) electrons. The van der Waals surface area contributed by atoms with E-state index in [9.17, 15) is 13.2 Å². The first kappa shape index (κ1) is 17.7. The van der Waals surface area contributed by atoms with Crippen molar-refractivity contribution in [2.45, 2.75) is 11.4 Å². The molecule has 1 amide bonds. The van der Waals surface area contributed by atoms with Crippen LogP contribution in [0.15, 0.2) is 84.3 Å². The van der Waals surface area contributed by atoms with Crippen molar-refractivity contribution in [2.24, 2.45) is 0 Å². The Hall–Kier alpha value is -3.12. The number of amides is 1. The van der Waals surface area contributed by atoms with Crippen LogP contribution in [0.3, 0.4) is 0 Å². The lowest BCUT2D eigenvalue weighted by Crippen LogP contribution is -2.20. The zero-order chi connectivity index (χ0) is 18.6. The van der Waals surface area contributed by atoms with Gasteiger partial charge in [-0.15, -0.1) is 0 Å². The fourth-order valence-electron chi connectivity index (χ4n) is 2.60. The number of anilines is 1. The molecule has 0 bridgehead atoms. The van der Waals surface area contributed by atoms with Crippen molar-refractivity contribution in [3.63, 3.8) is 0 Å². The van der Waals surface area contributed by atoms with E-state index >= 15 is 0 Å². The van der Waals surface area contributed by atoms with Gasteiger partial charge in [-0.3, -0.25) is 9.52 Å². The smallest absolute Gasteiger partial charge is 0.261 e. The van der Waals surface area contributed by atoms with Crippen LogP contribution >= 0.6 is 0 Å². The van der Waals surface area contributed by atoms with E-state index in [0.29, 0.717) is 11.3 Å². The Bertz CT molecular complexity index is 1070. The maximum Gasteiger partial charge on any atom is 0.261 e. The first-order valence-corrected chi connectivity index (χ1v) is 9.48. The summed E-state index contributed by atoms with van der Waals surface area (Å²) in [6, 6.07) is 19.5. The van der Waals surface area contributed by atoms with Crippen molar-refractivity contribution < 1.29 is 13.2 Å². The molecule has 3 aromatic carbocycles. The van der Waals surface area contributed by atoms with E-state index in [1.165, 1.54) is 18.2 Å². The Morgan fingerprint density at radius 2 is 1.73 bits per heavy atom. The predicted octanol–water partition coefficient (Wildman–Crippen LogP) is 3.44. The molecular weight excluding hydrogens is 348 g/mol. The lowest BCUT2D eigenvalue weighted by molar-refractivity contribution is -0.116. The fraction of sp³-hybridized carbons (Fsp3) is 0.0500. The average Bonchev–Trinajstić information content (AvgIpc) is 2.66. The van der Waals surface area contributed by atoms with Gasteiger partial charge in [-0.2, -0.15) is 0 Å². The van der Waals surface area contributed by atoms with Gasteiger partial charge in [0.1, 0.15) is 0 Å². The first-order valence-electron chi connectivity index (χ1n) is 7.99. The molecule has 0 aliphatic carbocycles. The van der Waals surface area contributed by atoms with Gasteiger partial charge in [0, 0.05) is 11.9 Å². The summed E-state index contributed by atoms with van der Waals surface area (Å²) in [4.78, 5) is 11.4. The van der Waals surface area contributed by atoms with Gasteiger partial charge in [-0.05, 0) is 35.2 Å². The standard InChI is InChI=1S/C20H18N2O3S/c1-2-20(23)21-14-15-7-5-10-17(13-15)26(24,25)22-19-12-6-9-16-8-3-4-11-18(16)19/h2-13,22H,1,14H2,(H,21,23). The highest BCUT2D eigenvalue weighted by Gasteiger charge is 2.16. The number of benzene rings is 3. The van der Waals surface area contributed by atoms with Crippen LogP contribution in [0.1, 0.15) is 5.56 Å². The van der Waals surface area contributed by atoms with Crippen LogP contribution in [-0.4, -0.2) is 14.3 Å². The molecule has 5 nitrogen and oxygen atoms in total. The highest BCUT2D eigenvalue weighted by Crippen LogP contribution is 2.25. The van der Waals surface area contributed by atoms with E-state index in [2.05, 4.69) is 16.6 Å². The van der Waals surface area contributed by atoms with Crippen molar-refractivity contribution >= 4 is 32.4 Å². The molecule has 0 spiro atoms. The number of sulfonamides is 1. The molecule has 2 N–H and O–H groups in total. The van der Waals surface area contributed by atoms with Crippen molar-refractivity contribution in [3.05, 3.63) is 84.9 Å². The molecule has 0 saturated carbocycles. The van der Waals surface area contributed by atoms with Gasteiger partial charge < -0.3 is 5.32 Å². The second-order valence-electron chi connectivity index (χ2n) is 5.70. The average molecular weight is 366 g/mol. The van der Waals surface area contributed by atoms with Crippen LogP contribution in [0.25, 0.3) is 10.8 Å². The van der Waals surface area contributed by atoms with Gasteiger partial charge in [-0.1, -0.05) is 55.1 Å². The Balaban J connectivity index is 1.88. The SMILES string of the molecule is C=CC(=O)NCc1cccc(S(=O)(=O)Nc2cccc3ccccc23)c1. The van der Waals surface area contributed by atoms with E-state index in [0.717, 1.165) is 10.8 Å². The van der Waals surface area contributed by atoms with E-state index < -0.39 is 10.0 Å². The van der Waals surface area contributed by atoms with Crippen LogP contribution in [0, 0.1) is 0 Å². The van der Waals surface area contributed by atoms with Crippen LogP contribution in [0.4, 0.5) is 5.69 Å². The molecule has 6 heteroatoms. The molecule has 0 atom stereocenters. The van der Waals surface area contributed by atoms with E-state index in [-0.39, 0.29) is 17.3 Å². The summed E-state index contributed by atoms with van der Waals surface area (Å²) in [5, 5.41) is 4.41. The lowest BCUT2D eigenvalue weighted by Gasteiger charge is -2.12. The fourth-order valence-corrected chi connectivity index (χ4v) is 3.75. The van der Waals surface area contributed by atoms with Crippen LogP contribution < -0.4 is 10.0 Å². The van der Waals surface area contributed by atoms with Crippen molar-refractivity contribution in [2.75, 3.05) is 4.72 Å². The molecule has 0 aromatic heterocycles. The third-order valence-electron chi connectivity index (χ3n) is 3.89. The molecule has 0 fully saturated rings. The minimum absolute atomic E-state index is 0.135. The zero-order valence-electron chi connectivity index (χ0n) is 14.0. The molecule has 0 aliphatic heterocycles. The Labute approximate surface area is 152 Å². The van der Waals surface area contributed by atoms with Gasteiger partial charge in [0.15, 0.2) is 0 Å². The van der Waals surface area contributed by atoms with Gasteiger partial charge >= 0.3 is 0 Å². The molecule has 3 aromatic rings. The number of nitrogens with one attached hydrogen (secondary N) is 2. The molecule has 0 unspecified atom stereocenters. The van der Waals surface area contributed by atoms with Crippen LogP contribution in [0.2, 0.25) is 0 Å². The van der Waals surface area contributed by atoms with Crippen molar-refractivity contribution in [1.82, 2.24) is 5.32 Å². The molecular formula is C20H18N2O3S. The highest BCUT2D eigenvalue weighted by atomic mass is 32.2. The summed E-state index contributed by atoms with van der Waals surface area (Å²) in [5.41, 5.74) is 1.20. The first-order chi connectivity index (χ1) is 12.5. The van der Waals surface area contributed by atoms with Gasteiger partial charge in [0.25, 0.3) is 10.0 Å². The number of fused-ring (bicyclic) bond motifs is 1. The van der Waals surface area contributed by atoms with Gasteiger partial charge in [0.2, 0.25) is 5.91 Å². The normalized spacial score (nSPS) is 11.1.